The summed E-state index contributed by atoms with van der Waals surface area (Å²) in [4.78, 5) is 2.14. The quantitative estimate of drug-likeness (QED) is 0.670. The van der Waals surface area contributed by atoms with Crippen LogP contribution in [0.2, 0.25) is 0 Å². The van der Waals surface area contributed by atoms with E-state index in [4.69, 9.17) is 0 Å². The molecule has 0 N–H and O–H groups in total. The van der Waals surface area contributed by atoms with Crippen LogP contribution in [0.1, 0.15) is 20.3 Å². The van der Waals surface area contributed by atoms with Crippen LogP contribution in [0.4, 0.5) is 5.69 Å². The van der Waals surface area contributed by atoms with Crippen LogP contribution in [-0.4, -0.2) is 7.05 Å². The van der Waals surface area contributed by atoms with Gasteiger partial charge in [0.1, 0.15) is 0 Å². The number of likely N-dealkylation sites (N-methyl/N-ethyl adjacent to an activating group) is 1. The SMILES string of the molecule is C/C=C(\C=C/CC)N(C)c1cc#ccc1. The van der Waals surface area contributed by atoms with Crippen LogP contribution in [0.3, 0.4) is 0 Å². The number of rotatable bonds is 4. The van der Waals surface area contributed by atoms with Gasteiger partial charge in [0.2, 0.25) is 0 Å². The third-order valence-corrected chi connectivity index (χ3v) is 2.24. The second-order valence-corrected chi connectivity index (χ2v) is 3.27. The molecule has 0 aliphatic carbocycles. The van der Waals surface area contributed by atoms with Crippen LogP contribution >= 0.6 is 0 Å². The van der Waals surface area contributed by atoms with Crippen molar-refractivity contribution in [2.45, 2.75) is 20.3 Å². The predicted molar refractivity (Wildman–Crippen MR) is 65.7 cm³/mol. The molecule has 0 bridgehead atoms. The first-order valence-corrected chi connectivity index (χ1v) is 5.24. The Bertz CT molecular complexity index is 336. The van der Waals surface area contributed by atoms with E-state index in [9.17, 15) is 0 Å². The van der Waals surface area contributed by atoms with E-state index in [0.29, 0.717) is 0 Å². The lowest BCUT2D eigenvalue weighted by Gasteiger charge is -2.19. The summed E-state index contributed by atoms with van der Waals surface area (Å²) in [5, 5.41) is 0. The van der Waals surface area contributed by atoms with Gasteiger partial charge in [-0.05, 0) is 31.6 Å². The van der Waals surface area contributed by atoms with Gasteiger partial charge in [-0.3, -0.25) is 0 Å². The van der Waals surface area contributed by atoms with Crippen molar-refractivity contribution in [1.82, 2.24) is 0 Å². The molecule has 0 fully saturated rings. The summed E-state index contributed by atoms with van der Waals surface area (Å²) in [5.74, 6) is 0. The maximum atomic E-state index is 2.96. The van der Waals surface area contributed by atoms with Gasteiger partial charge in [-0.25, -0.2) is 0 Å². The Morgan fingerprint density at radius 2 is 2.27 bits per heavy atom. The van der Waals surface area contributed by atoms with Gasteiger partial charge in [-0.1, -0.05) is 31.2 Å². The Morgan fingerprint density at radius 3 is 2.80 bits per heavy atom. The summed E-state index contributed by atoms with van der Waals surface area (Å²) in [7, 11) is 2.05. The van der Waals surface area contributed by atoms with Crippen molar-refractivity contribution in [2.75, 3.05) is 11.9 Å². The Hall–Kier alpha value is -1.68. The monoisotopic (exact) mass is 199 g/mol. The highest BCUT2D eigenvalue weighted by Gasteiger charge is 2.01. The van der Waals surface area contributed by atoms with E-state index < -0.39 is 0 Å². The second kappa shape index (κ2) is 5.93. The van der Waals surface area contributed by atoms with Crippen LogP contribution in [0, 0.1) is 12.1 Å². The zero-order valence-corrected chi connectivity index (χ0v) is 9.62. The molecule has 1 nitrogen and oxygen atoms in total. The summed E-state index contributed by atoms with van der Waals surface area (Å²) >= 11 is 0. The predicted octanol–water partition coefficient (Wildman–Crippen LogP) is 3.59. The molecule has 0 heterocycles. The largest absolute Gasteiger partial charge is 0.344 e. The van der Waals surface area contributed by atoms with Crippen LogP contribution in [0.5, 0.6) is 0 Å². The zero-order chi connectivity index (χ0) is 11.1. The average molecular weight is 199 g/mol. The van der Waals surface area contributed by atoms with Crippen molar-refractivity contribution >= 4 is 5.69 Å². The average Bonchev–Trinajstić information content (AvgIpc) is 2.31. The summed E-state index contributed by atoms with van der Waals surface area (Å²) in [6, 6.07) is 11.7. The summed E-state index contributed by atoms with van der Waals surface area (Å²) in [5.41, 5.74) is 2.32. The van der Waals surface area contributed by atoms with E-state index in [1.165, 1.54) is 5.70 Å². The molecule has 0 saturated heterocycles. The van der Waals surface area contributed by atoms with Gasteiger partial charge in [0.15, 0.2) is 0 Å². The minimum atomic E-state index is 1.06. The Kier molecular flexibility index (Phi) is 4.50. The first kappa shape index (κ1) is 11.4. The van der Waals surface area contributed by atoms with E-state index in [-0.39, 0.29) is 0 Å². The lowest BCUT2D eigenvalue weighted by atomic mass is 10.2. The lowest BCUT2D eigenvalue weighted by molar-refractivity contribution is 1.12. The molecule has 0 aliphatic heterocycles. The molecule has 0 amide bonds. The van der Waals surface area contributed by atoms with Crippen molar-refractivity contribution in [3.8, 4) is 0 Å². The standard InChI is InChI=1S/C14H17N/c1-4-6-10-13(5-2)15(3)14-11-8-7-9-12-14/h5-6,8,10-12H,4H2,1-3H3/b10-6-,13-5+. The van der Waals surface area contributed by atoms with Gasteiger partial charge in [-0.15, -0.1) is 0 Å². The fourth-order valence-electron chi connectivity index (χ4n) is 1.34. The van der Waals surface area contributed by atoms with Crippen molar-refractivity contribution in [3.05, 3.63) is 54.3 Å². The molecule has 0 radical (unpaired) electrons. The lowest BCUT2D eigenvalue weighted by Crippen LogP contribution is -2.14. The first-order valence-electron chi connectivity index (χ1n) is 5.24. The van der Waals surface area contributed by atoms with E-state index in [2.05, 4.69) is 49.2 Å². The molecule has 0 spiro atoms. The second-order valence-electron chi connectivity index (χ2n) is 3.27. The molecule has 0 unspecified atom stereocenters. The molecule has 0 aliphatic rings. The molecule has 1 heteroatoms. The minimum Gasteiger partial charge on any atom is -0.344 e. The van der Waals surface area contributed by atoms with Crippen molar-refractivity contribution in [1.29, 1.82) is 0 Å². The highest BCUT2D eigenvalue weighted by molar-refractivity contribution is 5.52. The van der Waals surface area contributed by atoms with E-state index in [0.717, 1.165) is 12.1 Å². The van der Waals surface area contributed by atoms with Gasteiger partial charge in [0, 0.05) is 24.5 Å². The van der Waals surface area contributed by atoms with E-state index >= 15 is 0 Å². The number of allylic oxidation sites excluding steroid dienone is 3. The topological polar surface area (TPSA) is 3.24 Å². The molecular weight excluding hydrogens is 182 g/mol. The minimum absolute atomic E-state index is 1.06. The Morgan fingerprint density at radius 1 is 1.47 bits per heavy atom. The van der Waals surface area contributed by atoms with Crippen LogP contribution in [0.15, 0.2) is 42.1 Å². The zero-order valence-electron chi connectivity index (χ0n) is 9.62. The van der Waals surface area contributed by atoms with Crippen LogP contribution in [0.25, 0.3) is 0 Å². The maximum absolute atomic E-state index is 2.96. The van der Waals surface area contributed by atoms with Crippen molar-refractivity contribution < 1.29 is 0 Å². The Labute approximate surface area is 92.7 Å². The molecule has 1 aromatic rings. The van der Waals surface area contributed by atoms with Crippen molar-refractivity contribution in [2.24, 2.45) is 0 Å². The van der Waals surface area contributed by atoms with E-state index in [1.54, 1.807) is 0 Å². The van der Waals surface area contributed by atoms with Gasteiger partial charge in [0.25, 0.3) is 0 Å². The third-order valence-electron chi connectivity index (χ3n) is 2.24. The molecule has 78 valence electrons. The summed E-state index contributed by atoms with van der Waals surface area (Å²) in [6.07, 6.45) is 7.45. The number of hydrogen-bond donors (Lipinski definition) is 0. The fourth-order valence-corrected chi connectivity index (χ4v) is 1.34. The Balaban J connectivity index is 2.83. The van der Waals surface area contributed by atoms with Gasteiger partial charge < -0.3 is 4.90 Å². The highest BCUT2D eigenvalue weighted by atomic mass is 15.1. The molecule has 0 saturated carbocycles. The summed E-state index contributed by atoms with van der Waals surface area (Å²) < 4.78 is 0. The third kappa shape index (κ3) is 3.18. The van der Waals surface area contributed by atoms with Crippen molar-refractivity contribution in [3.63, 3.8) is 0 Å². The number of nitrogens with zero attached hydrogens (tertiary/aromatic N) is 1. The fraction of sp³-hybridized carbons (Fsp3) is 0.286. The molecule has 0 aromatic heterocycles. The van der Waals surface area contributed by atoms with Gasteiger partial charge in [0.05, 0.1) is 0 Å². The van der Waals surface area contributed by atoms with Crippen LogP contribution in [-0.2, 0) is 0 Å². The molecule has 1 aromatic carbocycles. The summed E-state index contributed by atoms with van der Waals surface area (Å²) in [6.45, 7) is 4.18. The van der Waals surface area contributed by atoms with Gasteiger partial charge >= 0.3 is 0 Å². The maximum Gasteiger partial charge on any atom is 0.0499 e. The molecule has 15 heavy (non-hydrogen) atoms. The van der Waals surface area contributed by atoms with E-state index in [1.807, 2.05) is 25.1 Å². The normalized spacial score (nSPS) is 11.5. The highest BCUT2D eigenvalue weighted by Crippen LogP contribution is 2.15. The number of anilines is 1. The molecule has 1 rings (SSSR count). The smallest absolute Gasteiger partial charge is 0.0499 e. The van der Waals surface area contributed by atoms with Crippen LogP contribution < -0.4 is 4.90 Å². The molecule has 0 atom stereocenters. The molecular formula is C14H17N. The first-order chi connectivity index (χ1) is 7.29. The number of hydrogen-bond acceptors (Lipinski definition) is 1. The van der Waals surface area contributed by atoms with Gasteiger partial charge in [-0.2, -0.15) is 0 Å².